The van der Waals surface area contributed by atoms with Crippen molar-refractivity contribution in [1.82, 2.24) is 24.5 Å². The van der Waals surface area contributed by atoms with Crippen LogP contribution in [0.3, 0.4) is 0 Å². The molecule has 0 radical (unpaired) electrons. The van der Waals surface area contributed by atoms with E-state index in [1.807, 2.05) is 13.0 Å². The second kappa shape index (κ2) is 8.44. The van der Waals surface area contributed by atoms with Crippen molar-refractivity contribution in [2.45, 2.75) is 13.1 Å². The van der Waals surface area contributed by atoms with E-state index in [4.69, 9.17) is 0 Å². The maximum absolute atomic E-state index is 13.4. The quantitative estimate of drug-likeness (QED) is 0.455. The van der Waals surface area contributed by atoms with Crippen LogP contribution in [-0.2, 0) is 6.18 Å². The van der Waals surface area contributed by atoms with Gasteiger partial charge in [0.1, 0.15) is 12.1 Å². The molecule has 1 fully saturated rings. The maximum atomic E-state index is 13.4. The lowest BCUT2D eigenvalue weighted by Gasteiger charge is -2.36. The van der Waals surface area contributed by atoms with Gasteiger partial charge < -0.3 is 9.80 Å². The van der Waals surface area contributed by atoms with E-state index < -0.39 is 11.7 Å². The molecule has 0 N–H and O–H groups in total. The van der Waals surface area contributed by atoms with E-state index in [1.165, 1.54) is 18.5 Å². The molecule has 10 heteroatoms. The average molecular weight is 466 g/mol. The van der Waals surface area contributed by atoms with Gasteiger partial charge in [-0.05, 0) is 36.2 Å². The molecule has 1 aliphatic heterocycles. The molecular weight excluding hydrogens is 445 g/mol. The number of benzene rings is 2. The summed E-state index contributed by atoms with van der Waals surface area (Å²) in [5.74, 6) is 1.25. The zero-order valence-corrected chi connectivity index (χ0v) is 18.3. The highest BCUT2D eigenvalue weighted by Gasteiger charge is 2.30. The molecule has 0 bridgehead atoms. The van der Waals surface area contributed by atoms with E-state index >= 15 is 0 Å². The summed E-state index contributed by atoms with van der Waals surface area (Å²) in [7, 11) is 0. The maximum Gasteiger partial charge on any atom is 0.416 e. The largest absolute Gasteiger partial charge is 0.416 e. The van der Waals surface area contributed by atoms with Crippen molar-refractivity contribution in [2.24, 2.45) is 0 Å². The van der Waals surface area contributed by atoms with Gasteiger partial charge in [0.05, 0.1) is 5.56 Å². The van der Waals surface area contributed by atoms with Crippen molar-refractivity contribution in [1.29, 1.82) is 0 Å². The summed E-state index contributed by atoms with van der Waals surface area (Å²) in [6.07, 6.45) is -2.94. The van der Waals surface area contributed by atoms with Crippen LogP contribution in [0.1, 0.15) is 21.6 Å². The Bertz CT molecular complexity index is 1340. The predicted octanol–water partition coefficient (Wildman–Crippen LogP) is 4.08. The molecule has 0 atom stereocenters. The van der Waals surface area contributed by atoms with Crippen LogP contribution in [0.4, 0.5) is 19.0 Å². The van der Waals surface area contributed by atoms with Gasteiger partial charge in [0.25, 0.3) is 11.7 Å². The molecule has 2 aromatic heterocycles. The number of nitrogens with zero attached hydrogens (tertiary/aromatic N) is 6. The molecule has 174 valence electrons. The third-order valence-electron chi connectivity index (χ3n) is 5.93. The summed E-state index contributed by atoms with van der Waals surface area (Å²) < 4.78 is 40.5. The summed E-state index contributed by atoms with van der Waals surface area (Å²) in [6, 6.07) is 13.8. The smallest absolute Gasteiger partial charge is 0.353 e. The monoisotopic (exact) mass is 466 g/mol. The van der Waals surface area contributed by atoms with Gasteiger partial charge in [-0.3, -0.25) is 4.79 Å². The van der Waals surface area contributed by atoms with E-state index in [-0.39, 0.29) is 5.91 Å². The lowest BCUT2D eigenvalue weighted by Crippen LogP contribution is -2.49. The van der Waals surface area contributed by atoms with Gasteiger partial charge in [0, 0.05) is 43.5 Å². The molecule has 3 heterocycles. The number of halogens is 3. The van der Waals surface area contributed by atoms with Crippen LogP contribution in [0.2, 0.25) is 0 Å². The molecule has 34 heavy (non-hydrogen) atoms. The molecule has 0 aliphatic carbocycles. The van der Waals surface area contributed by atoms with Gasteiger partial charge in [-0.25, -0.2) is 4.98 Å². The van der Waals surface area contributed by atoms with Gasteiger partial charge in [-0.2, -0.15) is 27.8 Å². The van der Waals surface area contributed by atoms with Crippen molar-refractivity contribution in [3.8, 4) is 11.1 Å². The highest BCUT2D eigenvalue weighted by molar-refractivity contribution is 6.01. The summed E-state index contributed by atoms with van der Waals surface area (Å²) in [5.41, 5.74) is 1.76. The number of hydrogen-bond acceptors (Lipinski definition) is 5. The first-order valence-corrected chi connectivity index (χ1v) is 10.8. The number of fused-ring (bicyclic) bond motifs is 1. The number of anilines is 1. The fourth-order valence-corrected chi connectivity index (χ4v) is 4.21. The van der Waals surface area contributed by atoms with Crippen molar-refractivity contribution in [2.75, 3.05) is 31.1 Å². The number of carbonyl (C=O) groups is 1. The van der Waals surface area contributed by atoms with Crippen molar-refractivity contribution in [3.05, 3.63) is 77.7 Å². The topological polar surface area (TPSA) is 66.6 Å². The molecule has 1 amide bonds. The number of rotatable bonds is 3. The number of aromatic nitrogens is 4. The van der Waals surface area contributed by atoms with Gasteiger partial charge >= 0.3 is 6.18 Å². The van der Waals surface area contributed by atoms with Crippen molar-refractivity contribution < 1.29 is 18.0 Å². The molecule has 2 aromatic carbocycles. The summed E-state index contributed by atoms with van der Waals surface area (Å²) in [6.45, 7) is 4.10. The van der Waals surface area contributed by atoms with E-state index in [0.29, 0.717) is 48.6 Å². The Hall–Kier alpha value is -3.95. The predicted molar refractivity (Wildman–Crippen MR) is 121 cm³/mol. The second-order valence-electron chi connectivity index (χ2n) is 8.13. The van der Waals surface area contributed by atoms with Crippen LogP contribution in [-0.4, -0.2) is 56.6 Å². The second-order valence-corrected chi connectivity index (χ2v) is 8.13. The molecule has 5 rings (SSSR count). The van der Waals surface area contributed by atoms with Crippen molar-refractivity contribution in [3.63, 3.8) is 0 Å². The molecular formula is C24H21F3N6O. The highest BCUT2D eigenvalue weighted by atomic mass is 19.4. The first-order valence-electron chi connectivity index (χ1n) is 10.8. The number of aryl methyl sites for hydroxylation is 1. The minimum Gasteiger partial charge on any atom is -0.353 e. The first-order chi connectivity index (χ1) is 16.3. The number of amides is 1. The zero-order valence-electron chi connectivity index (χ0n) is 18.3. The minimum absolute atomic E-state index is 0.146. The normalized spacial score (nSPS) is 14.6. The first kappa shape index (κ1) is 21.9. The zero-order chi connectivity index (χ0) is 23.9. The third-order valence-corrected chi connectivity index (χ3v) is 5.93. The van der Waals surface area contributed by atoms with Crippen LogP contribution < -0.4 is 4.90 Å². The van der Waals surface area contributed by atoms with Crippen molar-refractivity contribution >= 4 is 17.5 Å². The Morgan fingerprint density at radius 2 is 1.68 bits per heavy atom. The molecule has 0 saturated carbocycles. The van der Waals surface area contributed by atoms with E-state index in [1.54, 1.807) is 33.7 Å². The van der Waals surface area contributed by atoms with Gasteiger partial charge in [0.15, 0.2) is 0 Å². The number of hydrogen-bond donors (Lipinski definition) is 0. The van der Waals surface area contributed by atoms with Crippen LogP contribution >= 0.6 is 0 Å². The number of piperazine rings is 1. The Morgan fingerprint density at radius 1 is 0.971 bits per heavy atom. The molecule has 4 aromatic rings. The van der Waals surface area contributed by atoms with Crippen LogP contribution in [0, 0.1) is 6.92 Å². The summed E-state index contributed by atoms with van der Waals surface area (Å²) >= 11 is 0. The fraction of sp³-hybridized carbons (Fsp3) is 0.250. The Kier molecular flexibility index (Phi) is 5.43. The number of alkyl halides is 3. The lowest BCUT2D eigenvalue weighted by atomic mass is 9.97. The van der Waals surface area contributed by atoms with E-state index in [2.05, 4.69) is 20.0 Å². The lowest BCUT2D eigenvalue weighted by molar-refractivity contribution is -0.137. The molecule has 1 saturated heterocycles. The fourth-order valence-electron chi connectivity index (χ4n) is 4.21. The minimum atomic E-state index is -4.40. The Morgan fingerprint density at radius 3 is 2.38 bits per heavy atom. The van der Waals surface area contributed by atoms with Gasteiger partial charge in [-0.1, -0.05) is 30.3 Å². The van der Waals surface area contributed by atoms with Crippen LogP contribution in [0.25, 0.3) is 16.9 Å². The molecule has 7 nitrogen and oxygen atoms in total. The Balaban J connectivity index is 1.35. The van der Waals surface area contributed by atoms with Crippen LogP contribution in [0.15, 0.2) is 60.9 Å². The molecule has 0 spiro atoms. The summed E-state index contributed by atoms with van der Waals surface area (Å²) in [4.78, 5) is 25.8. The van der Waals surface area contributed by atoms with Gasteiger partial charge in [0.2, 0.25) is 0 Å². The van der Waals surface area contributed by atoms with E-state index in [0.717, 1.165) is 23.6 Å². The third kappa shape index (κ3) is 4.07. The summed E-state index contributed by atoms with van der Waals surface area (Å²) in [5, 5.41) is 4.25. The number of carbonyl (C=O) groups excluding carboxylic acids is 1. The molecule has 1 aliphatic rings. The van der Waals surface area contributed by atoms with Crippen LogP contribution in [0.5, 0.6) is 0 Å². The average Bonchev–Trinajstić information content (AvgIpc) is 3.31. The van der Waals surface area contributed by atoms with Gasteiger partial charge in [-0.15, -0.1) is 0 Å². The Labute approximate surface area is 193 Å². The molecule has 0 unspecified atom stereocenters. The van der Waals surface area contributed by atoms with E-state index in [9.17, 15) is 18.0 Å². The standard InChI is InChI=1S/C24H21F3N6O/c1-16-14-21(33-23(30-16)28-15-29-33)31-10-12-32(13-11-31)22(34)20-5-3-2-4-19(20)17-6-8-18(9-7-17)24(25,26)27/h2-9,14-15H,10-13H2,1H3. The highest BCUT2D eigenvalue weighted by Crippen LogP contribution is 2.32. The SMILES string of the molecule is Cc1cc(N2CCN(C(=O)c3ccccc3-c3ccc(C(F)(F)F)cc3)CC2)n2ncnc2n1.